The van der Waals surface area contributed by atoms with Gasteiger partial charge in [-0.15, -0.1) is 5.10 Å². The molecule has 0 saturated carbocycles. The fourth-order valence-electron chi connectivity index (χ4n) is 4.02. The highest BCUT2D eigenvalue weighted by molar-refractivity contribution is 5.82. The van der Waals surface area contributed by atoms with E-state index in [2.05, 4.69) is 58.1 Å². The Hall–Kier alpha value is -2.58. The van der Waals surface area contributed by atoms with E-state index >= 15 is 0 Å². The normalized spacial score (nSPS) is 17.7. The Balaban J connectivity index is 1.90. The molecule has 1 atom stereocenters. The van der Waals surface area contributed by atoms with Gasteiger partial charge in [0.15, 0.2) is 5.82 Å². The van der Waals surface area contributed by atoms with E-state index in [9.17, 15) is 4.79 Å². The van der Waals surface area contributed by atoms with Crippen LogP contribution in [0.15, 0.2) is 29.1 Å². The number of nitrogens with zero attached hydrogens (tertiary/aromatic N) is 6. The van der Waals surface area contributed by atoms with E-state index in [0.29, 0.717) is 11.4 Å². The van der Waals surface area contributed by atoms with Crippen LogP contribution in [-0.4, -0.2) is 68.2 Å². The maximum atomic E-state index is 13.2. The molecule has 0 radical (unpaired) electrons. The number of benzene rings is 1. The lowest BCUT2D eigenvalue weighted by atomic mass is 10.0. The third-order valence-corrected chi connectivity index (χ3v) is 5.69. The standard InChI is InChI=1S/C21H29N7O/c1-14-7-6-8-15-13-16(20(29)22-17(14)15)18(27-11-9-26(5)10-12-27)19-23-24-25-28(19)21(2,3)4/h6-8,13,18H,9-12H2,1-5H3,(H,22,29). The van der Waals surface area contributed by atoms with Crippen LogP contribution < -0.4 is 5.56 Å². The fraction of sp³-hybridized carbons (Fsp3) is 0.524. The van der Waals surface area contributed by atoms with Crippen molar-refractivity contribution in [3.63, 3.8) is 0 Å². The first kappa shape index (κ1) is 19.7. The number of para-hydroxylation sites is 1. The Kier molecular flexibility index (Phi) is 5.00. The van der Waals surface area contributed by atoms with E-state index in [0.717, 1.165) is 42.6 Å². The number of hydrogen-bond donors (Lipinski definition) is 1. The molecule has 1 N–H and O–H groups in total. The lowest BCUT2D eigenvalue weighted by molar-refractivity contribution is 0.118. The molecule has 29 heavy (non-hydrogen) atoms. The van der Waals surface area contributed by atoms with Crippen LogP contribution in [0.4, 0.5) is 0 Å². The van der Waals surface area contributed by atoms with Crippen molar-refractivity contribution in [2.75, 3.05) is 33.2 Å². The smallest absolute Gasteiger partial charge is 0.253 e. The zero-order valence-corrected chi connectivity index (χ0v) is 17.8. The van der Waals surface area contributed by atoms with Gasteiger partial charge in [0.1, 0.15) is 6.04 Å². The number of rotatable bonds is 3. The number of piperazine rings is 1. The number of likely N-dealkylation sites (N-methyl/N-ethyl adjacent to an activating group) is 1. The number of nitrogens with one attached hydrogen (secondary N) is 1. The van der Waals surface area contributed by atoms with Crippen LogP contribution in [-0.2, 0) is 5.54 Å². The van der Waals surface area contributed by atoms with Gasteiger partial charge in [-0.25, -0.2) is 4.68 Å². The van der Waals surface area contributed by atoms with Gasteiger partial charge in [0.05, 0.1) is 11.1 Å². The van der Waals surface area contributed by atoms with Gasteiger partial charge in [0, 0.05) is 31.7 Å². The molecule has 8 heteroatoms. The molecule has 0 aliphatic carbocycles. The average Bonchev–Trinajstić information content (AvgIpc) is 3.15. The van der Waals surface area contributed by atoms with Crippen molar-refractivity contribution < 1.29 is 0 Å². The second-order valence-electron chi connectivity index (χ2n) is 8.95. The summed E-state index contributed by atoms with van der Waals surface area (Å²) < 4.78 is 1.84. The fourth-order valence-corrected chi connectivity index (χ4v) is 4.02. The molecule has 2 aromatic heterocycles. The molecule has 4 rings (SSSR count). The van der Waals surface area contributed by atoms with Crippen LogP contribution in [0.1, 0.15) is 43.8 Å². The molecule has 1 saturated heterocycles. The van der Waals surface area contributed by atoms with Gasteiger partial charge in [-0.2, -0.15) is 0 Å². The summed E-state index contributed by atoms with van der Waals surface area (Å²) >= 11 is 0. The number of tetrazole rings is 1. The van der Waals surface area contributed by atoms with Gasteiger partial charge in [-0.3, -0.25) is 9.69 Å². The van der Waals surface area contributed by atoms with E-state index in [1.165, 1.54) is 0 Å². The zero-order valence-electron chi connectivity index (χ0n) is 17.8. The molecular weight excluding hydrogens is 366 g/mol. The van der Waals surface area contributed by atoms with Crippen LogP contribution >= 0.6 is 0 Å². The highest BCUT2D eigenvalue weighted by Crippen LogP contribution is 2.30. The van der Waals surface area contributed by atoms with Crippen molar-refractivity contribution in [3.8, 4) is 0 Å². The van der Waals surface area contributed by atoms with Crippen LogP contribution in [0.25, 0.3) is 10.9 Å². The molecule has 154 valence electrons. The average molecular weight is 396 g/mol. The summed E-state index contributed by atoms with van der Waals surface area (Å²) in [5, 5.41) is 13.6. The molecule has 1 unspecified atom stereocenters. The van der Waals surface area contributed by atoms with Gasteiger partial charge in [-0.05, 0) is 62.2 Å². The predicted octanol–water partition coefficient (Wildman–Crippen LogP) is 1.91. The molecule has 1 aliphatic heterocycles. The van der Waals surface area contributed by atoms with Gasteiger partial charge in [-0.1, -0.05) is 18.2 Å². The van der Waals surface area contributed by atoms with Crippen molar-refractivity contribution in [1.29, 1.82) is 0 Å². The first-order valence-electron chi connectivity index (χ1n) is 10.1. The molecule has 8 nitrogen and oxygen atoms in total. The third-order valence-electron chi connectivity index (χ3n) is 5.69. The lowest BCUT2D eigenvalue weighted by Crippen LogP contribution is -2.48. The van der Waals surface area contributed by atoms with Crippen LogP contribution in [0.2, 0.25) is 0 Å². The molecule has 1 aromatic carbocycles. The maximum absolute atomic E-state index is 13.2. The zero-order chi connectivity index (χ0) is 20.8. The molecule has 0 amide bonds. The minimum Gasteiger partial charge on any atom is -0.321 e. The van der Waals surface area contributed by atoms with E-state index in [1.807, 2.05) is 35.9 Å². The molecule has 3 aromatic rings. The summed E-state index contributed by atoms with van der Waals surface area (Å²) in [4.78, 5) is 20.9. The SMILES string of the molecule is Cc1cccc2cc(C(c3nnnn3C(C)(C)C)N3CCN(C)CC3)c(=O)[nH]c12. The van der Waals surface area contributed by atoms with E-state index in [1.54, 1.807) is 0 Å². The first-order chi connectivity index (χ1) is 13.8. The highest BCUT2D eigenvalue weighted by atomic mass is 16.1. The number of pyridine rings is 1. The highest BCUT2D eigenvalue weighted by Gasteiger charge is 2.34. The lowest BCUT2D eigenvalue weighted by Gasteiger charge is -2.38. The largest absolute Gasteiger partial charge is 0.321 e. The Bertz CT molecular complexity index is 1070. The molecular formula is C21H29N7O. The summed E-state index contributed by atoms with van der Waals surface area (Å²) in [5.74, 6) is 0.708. The summed E-state index contributed by atoms with van der Waals surface area (Å²) in [6.07, 6.45) is 0. The van der Waals surface area contributed by atoms with Crippen molar-refractivity contribution in [1.82, 2.24) is 35.0 Å². The summed E-state index contributed by atoms with van der Waals surface area (Å²) in [6.45, 7) is 11.8. The molecule has 1 aliphatic rings. The quantitative estimate of drug-likeness (QED) is 0.730. The van der Waals surface area contributed by atoms with Gasteiger partial charge >= 0.3 is 0 Å². The van der Waals surface area contributed by atoms with E-state index in [4.69, 9.17) is 0 Å². The van der Waals surface area contributed by atoms with Crippen molar-refractivity contribution in [2.45, 2.75) is 39.3 Å². The summed E-state index contributed by atoms with van der Waals surface area (Å²) in [7, 11) is 2.12. The number of aryl methyl sites for hydroxylation is 1. The van der Waals surface area contributed by atoms with Gasteiger partial charge in [0.25, 0.3) is 5.56 Å². The second kappa shape index (κ2) is 7.35. The summed E-state index contributed by atoms with van der Waals surface area (Å²) in [5.41, 5.74) is 2.26. The Morgan fingerprint density at radius 2 is 1.86 bits per heavy atom. The Labute approximate surface area is 170 Å². The number of fused-ring (bicyclic) bond motifs is 1. The third kappa shape index (κ3) is 3.70. The van der Waals surface area contributed by atoms with Crippen LogP contribution in [0, 0.1) is 6.92 Å². The van der Waals surface area contributed by atoms with Crippen LogP contribution in [0.3, 0.4) is 0 Å². The Morgan fingerprint density at radius 3 is 2.55 bits per heavy atom. The van der Waals surface area contributed by atoms with Crippen molar-refractivity contribution in [3.05, 3.63) is 51.6 Å². The predicted molar refractivity (Wildman–Crippen MR) is 113 cm³/mol. The molecule has 1 fully saturated rings. The number of aromatic nitrogens is 5. The van der Waals surface area contributed by atoms with Gasteiger partial charge < -0.3 is 9.88 Å². The monoisotopic (exact) mass is 395 g/mol. The minimum atomic E-state index is -0.299. The second-order valence-corrected chi connectivity index (χ2v) is 8.95. The minimum absolute atomic E-state index is 0.0841. The molecule has 0 spiro atoms. The molecule has 0 bridgehead atoms. The first-order valence-corrected chi connectivity index (χ1v) is 10.1. The number of hydrogen-bond acceptors (Lipinski definition) is 6. The topological polar surface area (TPSA) is 82.9 Å². The molecule has 3 heterocycles. The number of aromatic amines is 1. The van der Waals surface area contributed by atoms with Crippen molar-refractivity contribution >= 4 is 10.9 Å². The van der Waals surface area contributed by atoms with Crippen molar-refractivity contribution in [2.24, 2.45) is 0 Å². The Morgan fingerprint density at radius 1 is 1.14 bits per heavy atom. The maximum Gasteiger partial charge on any atom is 0.253 e. The van der Waals surface area contributed by atoms with Gasteiger partial charge in [0.2, 0.25) is 0 Å². The van der Waals surface area contributed by atoms with E-state index < -0.39 is 0 Å². The van der Waals surface area contributed by atoms with E-state index in [-0.39, 0.29) is 17.1 Å². The number of H-pyrrole nitrogens is 1. The van der Waals surface area contributed by atoms with Crippen LogP contribution in [0.5, 0.6) is 0 Å². The summed E-state index contributed by atoms with van der Waals surface area (Å²) in [6, 6.07) is 7.77.